The Morgan fingerprint density at radius 1 is 1.47 bits per heavy atom. The minimum Gasteiger partial charge on any atom is -0.377 e. The quantitative estimate of drug-likeness (QED) is 0.707. The second-order valence-electron chi connectivity index (χ2n) is 4.76. The third kappa shape index (κ3) is 4.21. The fraction of sp³-hybridized carbons (Fsp3) is 1.00. The number of nitrogens with one attached hydrogen (secondary N) is 1. The molecule has 0 aliphatic carbocycles. The lowest BCUT2D eigenvalue weighted by atomic mass is 9.96. The van der Waals surface area contributed by atoms with E-state index in [9.17, 15) is 8.42 Å². The molecule has 17 heavy (non-hydrogen) atoms. The predicted molar refractivity (Wildman–Crippen MR) is 68.6 cm³/mol. The first kappa shape index (κ1) is 14.9. The van der Waals surface area contributed by atoms with Gasteiger partial charge in [0, 0.05) is 26.7 Å². The molecule has 1 atom stereocenters. The van der Waals surface area contributed by atoms with Gasteiger partial charge < -0.3 is 10.1 Å². The fourth-order valence-electron chi connectivity index (χ4n) is 2.07. The van der Waals surface area contributed by atoms with Crippen molar-refractivity contribution < 1.29 is 13.2 Å². The Bertz CT molecular complexity index is 332. The predicted octanol–water partition coefficient (Wildman–Crippen LogP) is 0.427. The van der Waals surface area contributed by atoms with Crippen LogP contribution in [0.15, 0.2) is 0 Å². The van der Waals surface area contributed by atoms with Gasteiger partial charge >= 0.3 is 0 Å². The molecular weight excluding hydrogens is 240 g/mol. The van der Waals surface area contributed by atoms with Crippen molar-refractivity contribution in [1.29, 1.82) is 0 Å². The number of hydrogen-bond acceptors (Lipinski definition) is 4. The van der Waals surface area contributed by atoms with Crippen LogP contribution in [0.1, 0.15) is 26.7 Å². The highest BCUT2D eigenvalue weighted by Gasteiger charge is 2.35. The summed E-state index contributed by atoms with van der Waals surface area (Å²) in [5.74, 6) is 0.167. The van der Waals surface area contributed by atoms with Crippen LogP contribution in [0.2, 0.25) is 0 Å². The van der Waals surface area contributed by atoms with Crippen LogP contribution in [0.3, 0.4) is 0 Å². The third-order valence-corrected chi connectivity index (χ3v) is 5.12. The van der Waals surface area contributed by atoms with Crippen LogP contribution >= 0.6 is 0 Å². The van der Waals surface area contributed by atoms with Gasteiger partial charge in [0.1, 0.15) is 0 Å². The van der Waals surface area contributed by atoms with E-state index in [-0.39, 0.29) is 11.4 Å². The Labute approximate surface area is 105 Å². The maximum Gasteiger partial charge on any atom is 0.215 e. The molecule has 0 saturated carbocycles. The number of rotatable bonds is 6. The van der Waals surface area contributed by atoms with Gasteiger partial charge in [-0.2, -0.15) is 4.31 Å². The lowest BCUT2D eigenvalue weighted by Crippen LogP contribution is -2.50. The van der Waals surface area contributed by atoms with Crippen molar-refractivity contribution in [3.8, 4) is 0 Å². The molecule has 1 saturated heterocycles. The highest BCUT2D eigenvalue weighted by atomic mass is 32.2. The number of ether oxygens (including phenoxy) is 1. The van der Waals surface area contributed by atoms with Gasteiger partial charge in [0.25, 0.3) is 0 Å². The van der Waals surface area contributed by atoms with E-state index >= 15 is 0 Å². The molecule has 102 valence electrons. The summed E-state index contributed by atoms with van der Waals surface area (Å²) < 4.78 is 31.2. The van der Waals surface area contributed by atoms with E-state index in [0.717, 1.165) is 19.4 Å². The van der Waals surface area contributed by atoms with Crippen LogP contribution in [0.25, 0.3) is 0 Å². The van der Waals surface area contributed by atoms with Crippen molar-refractivity contribution in [3.63, 3.8) is 0 Å². The van der Waals surface area contributed by atoms with Crippen LogP contribution in [0.5, 0.6) is 0 Å². The van der Waals surface area contributed by atoms with Gasteiger partial charge in [0.05, 0.1) is 11.4 Å². The van der Waals surface area contributed by atoms with Crippen molar-refractivity contribution in [1.82, 2.24) is 9.62 Å². The molecule has 0 aromatic carbocycles. The number of piperidine rings is 1. The Kier molecular flexibility index (Phi) is 5.37. The summed E-state index contributed by atoms with van der Waals surface area (Å²) in [4.78, 5) is 0. The van der Waals surface area contributed by atoms with Crippen LogP contribution in [0.4, 0.5) is 0 Å². The van der Waals surface area contributed by atoms with E-state index < -0.39 is 10.0 Å². The molecule has 1 N–H and O–H groups in total. The molecule has 0 radical (unpaired) electrons. The first-order chi connectivity index (χ1) is 7.93. The largest absolute Gasteiger partial charge is 0.377 e. The summed E-state index contributed by atoms with van der Waals surface area (Å²) in [5, 5.41) is 3.04. The van der Waals surface area contributed by atoms with Gasteiger partial charge in [0.15, 0.2) is 0 Å². The van der Waals surface area contributed by atoms with Crippen LogP contribution in [-0.4, -0.2) is 57.4 Å². The van der Waals surface area contributed by atoms with Crippen molar-refractivity contribution in [2.45, 2.75) is 32.3 Å². The van der Waals surface area contributed by atoms with E-state index in [1.807, 2.05) is 13.8 Å². The van der Waals surface area contributed by atoms with E-state index in [1.165, 1.54) is 0 Å². The monoisotopic (exact) mass is 264 g/mol. The van der Waals surface area contributed by atoms with E-state index in [1.54, 1.807) is 11.4 Å². The summed E-state index contributed by atoms with van der Waals surface area (Å²) in [7, 11) is -1.50. The Morgan fingerprint density at radius 3 is 2.76 bits per heavy atom. The molecule has 1 aliphatic heterocycles. The van der Waals surface area contributed by atoms with Gasteiger partial charge in [-0.3, -0.25) is 0 Å². The molecule has 1 heterocycles. The second kappa shape index (κ2) is 6.13. The standard InChI is InChI=1S/C11H24N2O3S/c1-4-12-7-9-17(14,15)13-8-5-6-11(2,10-13)16-3/h12H,4-10H2,1-3H3. The third-order valence-electron chi connectivity index (χ3n) is 3.30. The number of methoxy groups -OCH3 is 1. The summed E-state index contributed by atoms with van der Waals surface area (Å²) in [5.41, 5.74) is -0.330. The zero-order valence-corrected chi connectivity index (χ0v) is 11.8. The number of sulfonamides is 1. The van der Waals surface area contributed by atoms with Crippen molar-refractivity contribution in [2.24, 2.45) is 0 Å². The zero-order valence-electron chi connectivity index (χ0n) is 11.0. The van der Waals surface area contributed by atoms with Crippen molar-refractivity contribution >= 4 is 10.0 Å². The summed E-state index contributed by atoms with van der Waals surface area (Å²) in [6, 6.07) is 0. The molecule has 1 unspecified atom stereocenters. The average Bonchev–Trinajstić information content (AvgIpc) is 2.29. The van der Waals surface area contributed by atoms with Crippen molar-refractivity contribution in [2.75, 3.05) is 39.0 Å². The minimum atomic E-state index is -3.15. The molecule has 1 fully saturated rings. The molecule has 0 aromatic rings. The minimum absolute atomic E-state index is 0.167. The first-order valence-corrected chi connectivity index (χ1v) is 7.78. The van der Waals surface area contributed by atoms with Gasteiger partial charge in [-0.05, 0) is 26.3 Å². The molecule has 5 nitrogen and oxygen atoms in total. The molecule has 1 aliphatic rings. The molecular formula is C11H24N2O3S. The number of nitrogens with zero attached hydrogens (tertiary/aromatic N) is 1. The maximum absolute atomic E-state index is 12.1. The SMILES string of the molecule is CCNCCS(=O)(=O)N1CCCC(C)(OC)C1. The van der Waals surface area contributed by atoms with E-state index in [2.05, 4.69) is 5.32 Å². The van der Waals surface area contributed by atoms with Gasteiger partial charge in [0.2, 0.25) is 10.0 Å². The summed E-state index contributed by atoms with van der Waals surface area (Å²) in [6.07, 6.45) is 1.79. The maximum atomic E-state index is 12.1. The number of hydrogen-bond donors (Lipinski definition) is 1. The highest BCUT2D eigenvalue weighted by molar-refractivity contribution is 7.89. The summed E-state index contributed by atoms with van der Waals surface area (Å²) >= 11 is 0. The van der Waals surface area contributed by atoms with Crippen LogP contribution in [0, 0.1) is 0 Å². The van der Waals surface area contributed by atoms with Crippen molar-refractivity contribution in [3.05, 3.63) is 0 Å². The lowest BCUT2D eigenvalue weighted by Gasteiger charge is -2.38. The van der Waals surface area contributed by atoms with Gasteiger partial charge in [-0.25, -0.2) is 8.42 Å². The second-order valence-corrected chi connectivity index (χ2v) is 6.85. The highest BCUT2D eigenvalue weighted by Crippen LogP contribution is 2.25. The lowest BCUT2D eigenvalue weighted by molar-refractivity contribution is -0.0319. The fourth-order valence-corrected chi connectivity index (χ4v) is 3.61. The topological polar surface area (TPSA) is 58.6 Å². The van der Waals surface area contributed by atoms with Gasteiger partial charge in [-0.15, -0.1) is 0 Å². The normalized spacial score (nSPS) is 27.2. The Balaban J connectivity index is 2.59. The molecule has 0 spiro atoms. The first-order valence-electron chi connectivity index (χ1n) is 6.17. The molecule has 6 heteroatoms. The smallest absolute Gasteiger partial charge is 0.215 e. The average molecular weight is 264 g/mol. The Morgan fingerprint density at radius 2 is 2.18 bits per heavy atom. The molecule has 0 bridgehead atoms. The molecule has 0 amide bonds. The summed E-state index contributed by atoms with van der Waals surface area (Å²) in [6.45, 7) is 6.34. The van der Waals surface area contributed by atoms with Crippen LogP contribution in [-0.2, 0) is 14.8 Å². The molecule has 0 aromatic heterocycles. The zero-order chi connectivity index (χ0) is 12.9. The molecule has 1 rings (SSSR count). The van der Waals surface area contributed by atoms with Crippen LogP contribution < -0.4 is 5.32 Å². The van der Waals surface area contributed by atoms with Gasteiger partial charge in [-0.1, -0.05) is 6.92 Å². The Hall–Kier alpha value is -0.170. The van der Waals surface area contributed by atoms with E-state index in [0.29, 0.717) is 19.6 Å². The van der Waals surface area contributed by atoms with E-state index in [4.69, 9.17) is 4.74 Å².